The van der Waals surface area contributed by atoms with Crippen LogP contribution in [0.15, 0.2) is 6.07 Å². The Morgan fingerprint density at radius 3 is 2.33 bits per heavy atom. The summed E-state index contributed by atoms with van der Waals surface area (Å²) in [5, 5.41) is 9.63. The van der Waals surface area contributed by atoms with E-state index in [1.807, 2.05) is 26.8 Å². The summed E-state index contributed by atoms with van der Waals surface area (Å²) in [5.41, 5.74) is 2.85. The first-order chi connectivity index (χ1) is 5.57. The molecule has 0 fully saturated rings. The second-order valence-corrected chi connectivity index (χ2v) is 3.40. The molecule has 0 amide bonds. The van der Waals surface area contributed by atoms with Crippen molar-refractivity contribution in [1.29, 1.82) is 0 Å². The molecule has 1 rings (SSSR count). The Bertz CT molecular complexity index is 308. The molecule has 1 aromatic carbocycles. The zero-order valence-corrected chi connectivity index (χ0v) is 9.93. The fourth-order valence-corrected chi connectivity index (χ4v) is 1.63. The fraction of sp³-hybridized carbons (Fsp3) is 0.333. The average molecular weight is 182 g/mol. The maximum atomic E-state index is 9.63. The lowest BCUT2D eigenvalue weighted by Crippen LogP contribution is -1.93. The van der Waals surface area contributed by atoms with Crippen molar-refractivity contribution >= 4 is 10.5 Å². The van der Waals surface area contributed by atoms with E-state index in [2.05, 4.69) is 0 Å². The minimum Gasteiger partial charge on any atom is -0.553 e. The summed E-state index contributed by atoms with van der Waals surface area (Å²) < 4.78 is 5.24. The van der Waals surface area contributed by atoms with Crippen molar-refractivity contribution < 1.29 is 9.53 Å². The lowest BCUT2D eigenvalue weighted by molar-refractivity contribution is 0.461. The third-order valence-electron chi connectivity index (χ3n) is 2.24. The van der Waals surface area contributed by atoms with E-state index in [0.29, 0.717) is 16.2 Å². The highest BCUT2D eigenvalue weighted by atomic mass is 28.2. The van der Waals surface area contributed by atoms with E-state index in [9.17, 15) is 5.11 Å². The van der Waals surface area contributed by atoms with Crippen LogP contribution in [0.1, 0.15) is 16.7 Å². The Morgan fingerprint density at radius 2 is 1.83 bits per heavy atom. The van der Waals surface area contributed by atoms with Crippen molar-refractivity contribution in [3.05, 3.63) is 22.8 Å². The van der Waals surface area contributed by atoms with Gasteiger partial charge in [-0.2, -0.15) is 0 Å². The first-order valence-electron chi connectivity index (χ1n) is 3.91. The van der Waals surface area contributed by atoms with Crippen molar-refractivity contribution in [2.24, 2.45) is 0 Å². The zero-order valence-electron chi connectivity index (χ0n) is 7.93. The Hall–Kier alpha value is -0.963. The van der Waals surface area contributed by atoms with Gasteiger partial charge in [-0.1, -0.05) is 0 Å². The van der Waals surface area contributed by atoms with Crippen LogP contribution in [0.4, 0.5) is 0 Å². The SMILES string of the molecule is Cc1cc(O[SiH3])c(C)c(O)c1C. The third kappa shape index (κ3) is 1.32. The lowest BCUT2D eigenvalue weighted by atomic mass is 10.0. The number of phenolic OH excluding ortho intramolecular Hbond substituents is 1. The van der Waals surface area contributed by atoms with E-state index < -0.39 is 0 Å². The summed E-state index contributed by atoms with van der Waals surface area (Å²) in [6.45, 7) is 5.75. The first-order valence-corrected chi connectivity index (χ1v) is 4.73. The Morgan fingerprint density at radius 1 is 1.25 bits per heavy atom. The number of phenols is 1. The van der Waals surface area contributed by atoms with Gasteiger partial charge in [0.25, 0.3) is 0 Å². The molecule has 0 aromatic heterocycles. The lowest BCUT2D eigenvalue weighted by Gasteiger charge is -2.11. The predicted octanol–water partition coefficient (Wildman–Crippen LogP) is 0.977. The van der Waals surface area contributed by atoms with E-state index in [4.69, 9.17) is 4.43 Å². The van der Waals surface area contributed by atoms with Crippen molar-refractivity contribution in [2.45, 2.75) is 20.8 Å². The largest absolute Gasteiger partial charge is 0.553 e. The van der Waals surface area contributed by atoms with Gasteiger partial charge in [0.05, 0.1) is 0 Å². The summed E-state index contributed by atoms with van der Waals surface area (Å²) in [6, 6.07) is 1.97. The zero-order chi connectivity index (χ0) is 9.30. The first kappa shape index (κ1) is 9.13. The molecule has 0 spiro atoms. The summed E-state index contributed by atoms with van der Waals surface area (Å²) in [7, 11) is 0.658. The summed E-state index contributed by atoms with van der Waals surface area (Å²) in [5.74, 6) is 1.17. The molecule has 0 aliphatic heterocycles. The topological polar surface area (TPSA) is 29.5 Å². The third-order valence-corrected chi connectivity index (χ3v) is 2.68. The van der Waals surface area contributed by atoms with Gasteiger partial charge >= 0.3 is 0 Å². The van der Waals surface area contributed by atoms with Crippen LogP contribution in [0.2, 0.25) is 0 Å². The number of rotatable bonds is 1. The van der Waals surface area contributed by atoms with E-state index in [-0.39, 0.29) is 0 Å². The van der Waals surface area contributed by atoms with Gasteiger partial charge < -0.3 is 9.53 Å². The minimum absolute atomic E-state index is 0.362. The Kier molecular flexibility index (Phi) is 2.42. The molecule has 0 bridgehead atoms. The normalized spacial score (nSPS) is 10.2. The van der Waals surface area contributed by atoms with Crippen LogP contribution in [0, 0.1) is 20.8 Å². The van der Waals surface area contributed by atoms with Crippen LogP contribution in [0.5, 0.6) is 11.5 Å². The van der Waals surface area contributed by atoms with E-state index >= 15 is 0 Å². The maximum Gasteiger partial charge on any atom is 0.204 e. The number of hydrogen-bond acceptors (Lipinski definition) is 2. The van der Waals surface area contributed by atoms with E-state index in [1.165, 1.54) is 0 Å². The van der Waals surface area contributed by atoms with Crippen molar-refractivity contribution in [2.75, 3.05) is 0 Å². The Balaban J connectivity index is 3.39. The van der Waals surface area contributed by atoms with Crippen LogP contribution >= 0.6 is 0 Å². The van der Waals surface area contributed by atoms with Crippen LogP contribution in [0.25, 0.3) is 0 Å². The van der Waals surface area contributed by atoms with Crippen molar-refractivity contribution in [3.8, 4) is 11.5 Å². The smallest absolute Gasteiger partial charge is 0.204 e. The monoisotopic (exact) mass is 182 g/mol. The molecule has 0 radical (unpaired) electrons. The minimum atomic E-state index is 0.362. The molecule has 0 unspecified atom stereocenters. The number of benzene rings is 1. The molecule has 0 heterocycles. The Labute approximate surface area is 75.7 Å². The van der Waals surface area contributed by atoms with Crippen LogP contribution in [0.3, 0.4) is 0 Å². The van der Waals surface area contributed by atoms with Gasteiger partial charge in [-0.25, -0.2) is 0 Å². The van der Waals surface area contributed by atoms with Gasteiger partial charge in [-0.3, -0.25) is 0 Å². The summed E-state index contributed by atoms with van der Waals surface area (Å²) >= 11 is 0. The van der Waals surface area contributed by atoms with Gasteiger partial charge in [-0.05, 0) is 38.0 Å². The van der Waals surface area contributed by atoms with Gasteiger partial charge in [0.1, 0.15) is 11.5 Å². The molecule has 66 valence electrons. The van der Waals surface area contributed by atoms with Crippen molar-refractivity contribution in [1.82, 2.24) is 0 Å². The number of aryl methyl sites for hydroxylation is 1. The molecular formula is C9H14O2Si. The number of aromatic hydroxyl groups is 1. The molecule has 2 nitrogen and oxygen atoms in total. The second-order valence-electron chi connectivity index (χ2n) is 2.99. The van der Waals surface area contributed by atoms with E-state index in [1.54, 1.807) is 0 Å². The maximum absolute atomic E-state index is 9.63. The summed E-state index contributed by atoms with van der Waals surface area (Å²) in [4.78, 5) is 0. The molecule has 12 heavy (non-hydrogen) atoms. The highest BCUT2D eigenvalue weighted by Crippen LogP contribution is 2.32. The molecule has 1 aromatic rings. The predicted molar refractivity (Wildman–Crippen MR) is 52.9 cm³/mol. The fourth-order valence-electron chi connectivity index (χ4n) is 1.21. The van der Waals surface area contributed by atoms with Crippen LogP contribution in [-0.2, 0) is 0 Å². The highest BCUT2D eigenvalue weighted by Gasteiger charge is 2.08. The van der Waals surface area contributed by atoms with Gasteiger partial charge in [0.15, 0.2) is 0 Å². The van der Waals surface area contributed by atoms with Gasteiger partial charge in [-0.15, -0.1) is 0 Å². The molecule has 1 N–H and O–H groups in total. The molecule has 0 saturated carbocycles. The molecule has 3 heteroatoms. The molecule has 0 atom stereocenters. The van der Waals surface area contributed by atoms with Crippen LogP contribution in [-0.4, -0.2) is 15.6 Å². The van der Waals surface area contributed by atoms with Crippen LogP contribution < -0.4 is 4.43 Å². The highest BCUT2D eigenvalue weighted by molar-refractivity contribution is 6.00. The molecule has 0 saturated heterocycles. The molecule has 0 aliphatic carbocycles. The number of hydrogen-bond donors (Lipinski definition) is 1. The molecule has 0 aliphatic rings. The molecular weight excluding hydrogens is 168 g/mol. The average Bonchev–Trinajstić information content (AvgIpc) is 2.08. The van der Waals surface area contributed by atoms with Crippen molar-refractivity contribution in [3.63, 3.8) is 0 Å². The van der Waals surface area contributed by atoms with E-state index in [0.717, 1.165) is 22.4 Å². The summed E-state index contributed by atoms with van der Waals surface area (Å²) in [6.07, 6.45) is 0. The van der Waals surface area contributed by atoms with Gasteiger partial charge in [0, 0.05) is 5.56 Å². The van der Waals surface area contributed by atoms with Gasteiger partial charge in [0.2, 0.25) is 10.5 Å². The quantitative estimate of drug-likeness (QED) is 0.656. The second kappa shape index (κ2) is 3.19. The standard InChI is InChI=1S/C9H14O2Si/c1-5-4-8(11-12)7(3)9(10)6(5)2/h4,10H,1-3,12H3.